The molecule has 1 unspecified atom stereocenters. The molecule has 0 aromatic heterocycles. The van der Waals surface area contributed by atoms with Crippen LogP contribution in [0.25, 0.3) is 0 Å². The minimum absolute atomic E-state index is 0. The Morgan fingerprint density at radius 2 is 1.89 bits per heavy atom. The Hall–Kier alpha value is -1.77. The Labute approximate surface area is 185 Å². The maximum absolute atomic E-state index is 12.1. The molecule has 0 radical (unpaired) electrons. The number of nitrogens with zero attached hydrogens (tertiary/aromatic N) is 3. The summed E-state index contributed by atoms with van der Waals surface area (Å²) in [6.07, 6.45) is 5.35. The standard InChI is InChI=1S/C21H31N5O.HI/c1-16(2)20(27)26-13-10-18(15-26)24-21(22-3)23-14-17-6-8-19(9-7-17)25-11-4-5-12-25;/h4-9,16,18H,10-15H2,1-3H3,(H2,22,23,24);1H. The van der Waals surface area contributed by atoms with Crippen molar-refractivity contribution < 1.29 is 4.79 Å². The lowest BCUT2D eigenvalue weighted by molar-refractivity contribution is -0.133. The van der Waals surface area contributed by atoms with Crippen LogP contribution in [0.15, 0.2) is 41.4 Å². The normalized spacial score (nSPS) is 19.1. The summed E-state index contributed by atoms with van der Waals surface area (Å²) in [6, 6.07) is 8.92. The Bertz CT molecular complexity index is 693. The molecule has 154 valence electrons. The minimum Gasteiger partial charge on any atom is -0.364 e. The number of rotatable bonds is 5. The van der Waals surface area contributed by atoms with E-state index >= 15 is 0 Å². The van der Waals surface area contributed by atoms with Crippen LogP contribution in [0.1, 0.15) is 25.8 Å². The molecule has 0 saturated carbocycles. The molecule has 0 bridgehead atoms. The van der Waals surface area contributed by atoms with Crippen LogP contribution in [-0.2, 0) is 11.3 Å². The van der Waals surface area contributed by atoms with Gasteiger partial charge in [-0.25, -0.2) is 0 Å². The van der Waals surface area contributed by atoms with Crippen molar-refractivity contribution >= 4 is 41.5 Å². The van der Waals surface area contributed by atoms with Gasteiger partial charge < -0.3 is 20.4 Å². The molecule has 1 aromatic rings. The van der Waals surface area contributed by atoms with Crippen LogP contribution in [0.4, 0.5) is 5.69 Å². The van der Waals surface area contributed by atoms with Gasteiger partial charge in [0.05, 0.1) is 0 Å². The molecule has 1 aromatic carbocycles. The van der Waals surface area contributed by atoms with Crippen LogP contribution in [0.3, 0.4) is 0 Å². The van der Waals surface area contributed by atoms with Crippen molar-refractivity contribution in [3.8, 4) is 0 Å². The maximum Gasteiger partial charge on any atom is 0.225 e. The first kappa shape index (κ1) is 22.5. The van der Waals surface area contributed by atoms with E-state index in [1.54, 1.807) is 7.05 Å². The van der Waals surface area contributed by atoms with Crippen LogP contribution in [0, 0.1) is 5.92 Å². The highest BCUT2D eigenvalue weighted by molar-refractivity contribution is 14.0. The van der Waals surface area contributed by atoms with Gasteiger partial charge in [0.2, 0.25) is 5.91 Å². The van der Waals surface area contributed by atoms with E-state index in [0.717, 1.165) is 45.1 Å². The number of hydrogen-bond acceptors (Lipinski definition) is 3. The lowest BCUT2D eigenvalue weighted by Crippen LogP contribution is -2.45. The van der Waals surface area contributed by atoms with E-state index in [2.05, 4.69) is 56.9 Å². The van der Waals surface area contributed by atoms with Crippen molar-refractivity contribution in [1.29, 1.82) is 0 Å². The summed E-state index contributed by atoms with van der Waals surface area (Å²) in [5, 5.41) is 6.82. The van der Waals surface area contributed by atoms with Crippen LogP contribution in [0.2, 0.25) is 0 Å². The molecule has 7 heteroatoms. The van der Waals surface area contributed by atoms with Gasteiger partial charge in [0.25, 0.3) is 0 Å². The number of benzene rings is 1. The number of hydrogen-bond donors (Lipinski definition) is 2. The fourth-order valence-corrected chi connectivity index (χ4v) is 3.53. The second-order valence-electron chi connectivity index (χ2n) is 7.54. The van der Waals surface area contributed by atoms with Gasteiger partial charge in [-0.2, -0.15) is 0 Å². The summed E-state index contributed by atoms with van der Waals surface area (Å²) in [5.74, 6) is 1.07. The molecule has 6 nitrogen and oxygen atoms in total. The highest BCUT2D eigenvalue weighted by atomic mass is 127. The Balaban J connectivity index is 0.00000280. The van der Waals surface area contributed by atoms with Crippen molar-refractivity contribution in [2.24, 2.45) is 10.9 Å². The number of likely N-dealkylation sites (tertiary alicyclic amines) is 1. The molecule has 2 heterocycles. The second-order valence-corrected chi connectivity index (χ2v) is 7.54. The van der Waals surface area contributed by atoms with Crippen molar-refractivity contribution in [2.45, 2.75) is 32.9 Å². The molecule has 1 saturated heterocycles. The van der Waals surface area contributed by atoms with Crippen molar-refractivity contribution in [2.75, 3.05) is 38.1 Å². The number of aliphatic imine (C=N–C) groups is 1. The molecule has 2 aliphatic rings. The number of carbonyl (C=O) groups excluding carboxylic acids is 1. The van der Waals surface area contributed by atoms with E-state index in [1.165, 1.54) is 11.3 Å². The van der Waals surface area contributed by atoms with E-state index in [0.29, 0.717) is 0 Å². The topological polar surface area (TPSA) is 60.0 Å². The van der Waals surface area contributed by atoms with Gasteiger partial charge in [-0.3, -0.25) is 9.79 Å². The molecule has 0 spiro atoms. The summed E-state index contributed by atoms with van der Waals surface area (Å²) in [6.45, 7) is 8.18. The molecule has 2 aliphatic heterocycles. The Morgan fingerprint density at radius 3 is 2.50 bits per heavy atom. The van der Waals surface area contributed by atoms with Gasteiger partial charge in [-0.05, 0) is 24.1 Å². The number of nitrogens with one attached hydrogen (secondary N) is 2. The zero-order valence-electron chi connectivity index (χ0n) is 17.0. The fourth-order valence-electron chi connectivity index (χ4n) is 3.53. The summed E-state index contributed by atoms with van der Waals surface area (Å²) in [7, 11) is 1.78. The highest BCUT2D eigenvalue weighted by Crippen LogP contribution is 2.17. The van der Waals surface area contributed by atoms with E-state index in [4.69, 9.17) is 0 Å². The first-order valence-electron chi connectivity index (χ1n) is 9.81. The smallest absolute Gasteiger partial charge is 0.225 e. The average Bonchev–Trinajstić information content (AvgIpc) is 3.37. The predicted octanol–water partition coefficient (Wildman–Crippen LogP) is 2.60. The molecule has 1 atom stereocenters. The zero-order valence-corrected chi connectivity index (χ0v) is 19.3. The molecule has 1 fully saturated rings. The van der Waals surface area contributed by atoms with Gasteiger partial charge in [-0.1, -0.05) is 38.1 Å². The molecule has 0 aliphatic carbocycles. The number of amides is 1. The molecule has 2 N–H and O–H groups in total. The number of anilines is 1. The zero-order chi connectivity index (χ0) is 19.2. The molecular weight excluding hydrogens is 465 g/mol. The molecule has 3 rings (SSSR count). The fraction of sp³-hybridized carbons (Fsp3) is 0.524. The molecular formula is C21H32IN5O. The van der Waals surface area contributed by atoms with Gasteiger partial charge in [0.1, 0.15) is 0 Å². The van der Waals surface area contributed by atoms with Gasteiger partial charge in [0.15, 0.2) is 5.96 Å². The Morgan fingerprint density at radius 1 is 1.21 bits per heavy atom. The lowest BCUT2D eigenvalue weighted by atomic mass is 10.2. The van der Waals surface area contributed by atoms with Crippen LogP contribution in [0.5, 0.6) is 0 Å². The number of halogens is 1. The van der Waals surface area contributed by atoms with E-state index < -0.39 is 0 Å². The first-order valence-corrected chi connectivity index (χ1v) is 9.81. The van der Waals surface area contributed by atoms with Crippen molar-refractivity contribution in [3.63, 3.8) is 0 Å². The van der Waals surface area contributed by atoms with Crippen LogP contribution >= 0.6 is 24.0 Å². The maximum atomic E-state index is 12.1. The first-order chi connectivity index (χ1) is 13.1. The second kappa shape index (κ2) is 10.7. The predicted molar refractivity (Wildman–Crippen MR) is 126 cm³/mol. The van der Waals surface area contributed by atoms with E-state index in [-0.39, 0.29) is 41.8 Å². The SMILES string of the molecule is CN=C(NCc1ccc(N2CC=CC2)cc1)NC1CCN(C(=O)C(C)C)C1.I. The summed E-state index contributed by atoms with van der Waals surface area (Å²) in [4.78, 5) is 20.7. The third-order valence-corrected chi connectivity index (χ3v) is 5.14. The van der Waals surface area contributed by atoms with Crippen molar-refractivity contribution in [1.82, 2.24) is 15.5 Å². The highest BCUT2D eigenvalue weighted by Gasteiger charge is 2.27. The van der Waals surface area contributed by atoms with E-state index in [9.17, 15) is 4.79 Å². The molecule has 1 amide bonds. The summed E-state index contributed by atoms with van der Waals surface area (Å²) >= 11 is 0. The largest absolute Gasteiger partial charge is 0.364 e. The summed E-state index contributed by atoms with van der Waals surface area (Å²) < 4.78 is 0. The van der Waals surface area contributed by atoms with Gasteiger partial charge >= 0.3 is 0 Å². The Kier molecular flexibility index (Phi) is 8.59. The minimum atomic E-state index is 0. The van der Waals surface area contributed by atoms with Crippen molar-refractivity contribution in [3.05, 3.63) is 42.0 Å². The average molecular weight is 497 g/mol. The van der Waals surface area contributed by atoms with Gasteiger partial charge in [-0.15, -0.1) is 24.0 Å². The van der Waals surface area contributed by atoms with Crippen LogP contribution < -0.4 is 15.5 Å². The molecule has 28 heavy (non-hydrogen) atoms. The number of carbonyl (C=O) groups is 1. The third kappa shape index (κ3) is 5.86. The van der Waals surface area contributed by atoms with E-state index in [1.807, 2.05) is 18.7 Å². The quantitative estimate of drug-likeness (QED) is 0.284. The van der Waals surface area contributed by atoms with Crippen LogP contribution in [-0.4, -0.2) is 56.0 Å². The third-order valence-electron chi connectivity index (χ3n) is 5.14. The van der Waals surface area contributed by atoms with Gasteiger partial charge in [0, 0.05) is 57.4 Å². The number of guanidine groups is 1. The lowest BCUT2D eigenvalue weighted by Gasteiger charge is -2.20. The monoisotopic (exact) mass is 497 g/mol. The summed E-state index contributed by atoms with van der Waals surface area (Å²) in [5.41, 5.74) is 2.48.